The monoisotopic (exact) mass is 338 g/mol. The predicted molar refractivity (Wildman–Crippen MR) is 87.7 cm³/mol. The normalized spacial score (nSPS) is 11.0. The maximum Gasteiger partial charge on any atom is 0.262 e. The lowest BCUT2D eigenvalue weighted by atomic mass is 10.2. The van der Waals surface area contributed by atoms with E-state index >= 15 is 0 Å². The highest BCUT2D eigenvalue weighted by Crippen LogP contribution is 2.25. The minimum atomic E-state index is -3.76. The van der Waals surface area contributed by atoms with Crippen LogP contribution in [0.2, 0.25) is 5.02 Å². The van der Waals surface area contributed by atoms with E-state index in [1.54, 1.807) is 43.3 Å². The number of nitrogens with one attached hydrogen (secondary N) is 2. The van der Waals surface area contributed by atoms with Gasteiger partial charge >= 0.3 is 0 Å². The zero-order chi connectivity index (χ0) is 16.3. The summed E-state index contributed by atoms with van der Waals surface area (Å²) in [5.74, 6) is -0.231. The van der Waals surface area contributed by atoms with Crippen LogP contribution >= 0.6 is 11.6 Å². The Morgan fingerprint density at radius 3 is 2.41 bits per heavy atom. The van der Waals surface area contributed by atoms with Crippen LogP contribution in [0.4, 0.5) is 11.4 Å². The van der Waals surface area contributed by atoms with Crippen LogP contribution in [0.1, 0.15) is 12.5 Å². The molecule has 1 amide bonds. The summed E-state index contributed by atoms with van der Waals surface area (Å²) in [5, 5.41) is 2.98. The molecule has 5 nitrogen and oxygen atoms in total. The van der Waals surface area contributed by atoms with Crippen molar-refractivity contribution in [1.29, 1.82) is 0 Å². The van der Waals surface area contributed by atoms with E-state index in [1.807, 2.05) is 0 Å². The molecule has 0 saturated heterocycles. The third-order valence-corrected chi connectivity index (χ3v) is 4.88. The smallest absolute Gasteiger partial charge is 0.262 e. The summed E-state index contributed by atoms with van der Waals surface area (Å²) < 4.78 is 27.4. The van der Waals surface area contributed by atoms with Crippen LogP contribution in [0.15, 0.2) is 47.4 Å². The zero-order valence-electron chi connectivity index (χ0n) is 12.1. The van der Waals surface area contributed by atoms with Crippen LogP contribution in [-0.2, 0) is 14.8 Å². The number of rotatable bonds is 4. The number of halogens is 1. The molecule has 0 atom stereocenters. The van der Waals surface area contributed by atoms with Gasteiger partial charge in [-0.1, -0.05) is 23.7 Å². The quantitative estimate of drug-likeness (QED) is 0.897. The zero-order valence-corrected chi connectivity index (χ0v) is 13.6. The maximum absolute atomic E-state index is 12.5. The number of benzene rings is 2. The van der Waals surface area contributed by atoms with Crippen molar-refractivity contribution in [1.82, 2.24) is 0 Å². The van der Waals surface area contributed by atoms with Gasteiger partial charge in [-0.25, -0.2) is 8.42 Å². The molecule has 2 rings (SSSR count). The summed E-state index contributed by atoms with van der Waals surface area (Å²) in [4.78, 5) is 11.2. The number of amides is 1. The molecule has 2 aromatic rings. The Morgan fingerprint density at radius 1 is 1.09 bits per heavy atom. The third kappa shape index (κ3) is 3.78. The molecular weight excluding hydrogens is 324 g/mol. The average molecular weight is 339 g/mol. The number of anilines is 2. The Balaban J connectivity index is 2.33. The fraction of sp³-hybridized carbons (Fsp3) is 0.133. The molecule has 0 heterocycles. The van der Waals surface area contributed by atoms with Crippen molar-refractivity contribution in [2.24, 2.45) is 0 Å². The van der Waals surface area contributed by atoms with E-state index in [2.05, 4.69) is 10.0 Å². The first-order valence-electron chi connectivity index (χ1n) is 6.45. The largest absolute Gasteiger partial charge is 0.326 e. The van der Waals surface area contributed by atoms with E-state index in [9.17, 15) is 13.2 Å². The summed E-state index contributed by atoms with van der Waals surface area (Å²) in [7, 11) is -3.76. The molecule has 0 fully saturated rings. The molecule has 0 aliphatic rings. The summed E-state index contributed by atoms with van der Waals surface area (Å²) in [6, 6.07) is 11.2. The summed E-state index contributed by atoms with van der Waals surface area (Å²) in [6.45, 7) is 3.02. The first-order valence-corrected chi connectivity index (χ1v) is 8.31. The van der Waals surface area contributed by atoms with E-state index < -0.39 is 10.0 Å². The first-order chi connectivity index (χ1) is 10.3. The topological polar surface area (TPSA) is 75.3 Å². The highest BCUT2D eigenvalue weighted by atomic mass is 35.5. The Labute approximate surface area is 134 Å². The van der Waals surface area contributed by atoms with Crippen molar-refractivity contribution in [2.45, 2.75) is 18.7 Å². The molecule has 0 aliphatic heterocycles. The van der Waals surface area contributed by atoms with Crippen molar-refractivity contribution in [3.63, 3.8) is 0 Å². The van der Waals surface area contributed by atoms with Gasteiger partial charge in [-0.15, -0.1) is 0 Å². The van der Waals surface area contributed by atoms with Gasteiger partial charge in [0.15, 0.2) is 0 Å². The number of hydrogen-bond acceptors (Lipinski definition) is 3. The van der Waals surface area contributed by atoms with Gasteiger partial charge in [0, 0.05) is 17.6 Å². The van der Waals surface area contributed by atoms with Crippen LogP contribution in [0, 0.1) is 6.92 Å². The van der Waals surface area contributed by atoms with E-state index in [-0.39, 0.29) is 10.8 Å². The Kier molecular flexibility index (Phi) is 4.73. The molecule has 2 N–H and O–H groups in total. The lowest BCUT2D eigenvalue weighted by Gasteiger charge is -2.12. The second-order valence-electron chi connectivity index (χ2n) is 4.73. The maximum atomic E-state index is 12.5. The van der Waals surface area contributed by atoms with E-state index in [4.69, 9.17) is 11.6 Å². The van der Waals surface area contributed by atoms with Crippen molar-refractivity contribution in [2.75, 3.05) is 10.0 Å². The molecule has 0 unspecified atom stereocenters. The van der Waals surface area contributed by atoms with Crippen LogP contribution in [0.25, 0.3) is 0 Å². The Bertz CT molecular complexity index is 819. The molecule has 0 aliphatic carbocycles. The molecule has 116 valence electrons. The number of sulfonamides is 1. The lowest BCUT2D eigenvalue weighted by molar-refractivity contribution is -0.114. The summed E-state index contributed by atoms with van der Waals surface area (Å²) in [6.07, 6.45) is 0. The second kappa shape index (κ2) is 6.37. The molecule has 0 bridgehead atoms. The third-order valence-electron chi connectivity index (χ3n) is 2.94. The molecule has 7 heteroatoms. The molecule has 22 heavy (non-hydrogen) atoms. The number of carbonyl (C=O) groups is 1. The van der Waals surface area contributed by atoms with Gasteiger partial charge in [0.1, 0.15) is 0 Å². The highest BCUT2D eigenvalue weighted by Gasteiger charge is 2.18. The van der Waals surface area contributed by atoms with E-state index in [0.29, 0.717) is 22.0 Å². The highest BCUT2D eigenvalue weighted by molar-refractivity contribution is 7.92. The van der Waals surface area contributed by atoms with Crippen molar-refractivity contribution < 1.29 is 13.2 Å². The standard InChI is InChI=1S/C15H15ClN2O3S/c1-10-14(16)7-4-8-15(10)22(20,21)18-13-6-3-5-12(9-13)17-11(2)19/h3-9,18H,1-2H3,(H,17,19). The van der Waals surface area contributed by atoms with Gasteiger partial charge in [0.05, 0.1) is 10.6 Å². The molecule has 0 saturated carbocycles. The molecule has 0 radical (unpaired) electrons. The summed E-state index contributed by atoms with van der Waals surface area (Å²) in [5.41, 5.74) is 1.34. The average Bonchev–Trinajstić information content (AvgIpc) is 2.40. The van der Waals surface area contributed by atoms with E-state index in [0.717, 1.165) is 0 Å². The predicted octanol–water partition coefficient (Wildman–Crippen LogP) is 3.41. The SMILES string of the molecule is CC(=O)Nc1cccc(NS(=O)(=O)c2cccc(Cl)c2C)c1. The lowest BCUT2D eigenvalue weighted by Crippen LogP contribution is -2.14. The van der Waals surface area contributed by atoms with Crippen LogP contribution in [0.5, 0.6) is 0 Å². The van der Waals surface area contributed by atoms with Crippen LogP contribution in [0.3, 0.4) is 0 Å². The van der Waals surface area contributed by atoms with Crippen molar-refractivity contribution >= 4 is 38.9 Å². The van der Waals surface area contributed by atoms with Gasteiger partial charge in [-0.2, -0.15) is 0 Å². The minimum absolute atomic E-state index is 0.116. The Morgan fingerprint density at radius 2 is 1.73 bits per heavy atom. The van der Waals surface area contributed by atoms with Gasteiger partial charge in [0.2, 0.25) is 5.91 Å². The minimum Gasteiger partial charge on any atom is -0.326 e. The molecular formula is C15H15ClN2O3S. The van der Waals surface area contributed by atoms with Crippen LogP contribution < -0.4 is 10.0 Å². The van der Waals surface area contributed by atoms with E-state index in [1.165, 1.54) is 13.0 Å². The Hall–Kier alpha value is -2.05. The second-order valence-corrected chi connectivity index (χ2v) is 6.79. The van der Waals surface area contributed by atoms with Crippen molar-refractivity contribution in [3.05, 3.63) is 53.1 Å². The van der Waals surface area contributed by atoms with Crippen LogP contribution in [-0.4, -0.2) is 14.3 Å². The number of hydrogen-bond donors (Lipinski definition) is 2. The fourth-order valence-corrected chi connectivity index (χ4v) is 3.50. The van der Waals surface area contributed by atoms with Gasteiger partial charge in [-0.05, 0) is 42.8 Å². The van der Waals surface area contributed by atoms with Gasteiger partial charge in [0.25, 0.3) is 10.0 Å². The number of carbonyl (C=O) groups excluding carboxylic acids is 1. The van der Waals surface area contributed by atoms with Gasteiger partial charge < -0.3 is 5.32 Å². The van der Waals surface area contributed by atoms with Gasteiger partial charge in [-0.3, -0.25) is 9.52 Å². The van der Waals surface area contributed by atoms with Crippen molar-refractivity contribution in [3.8, 4) is 0 Å². The molecule has 2 aromatic carbocycles. The first kappa shape index (κ1) is 16.3. The fourth-order valence-electron chi connectivity index (χ4n) is 1.95. The molecule has 0 aromatic heterocycles. The summed E-state index contributed by atoms with van der Waals surface area (Å²) >= 11 is 5.97. The molecule has 0 spiro atoms.